The molecular formula is C15H16FN3OS. The van der Waals surface area contributed by atoms with Gasteiger partial charge in [-0.15, -0.1) is 0 Å². The predicted octanol–water partition coefficient (Wildman–Crippen LogP) is 3.24. The first-order valence-corrected chi connectivity index (χ1v) is 7.73. The van der Waals surface area contributed by atoms with Crippen LogP contribution in [-0.4, -0.2) is 33.9 Å². The van der Waals surface area contributed by atoms with Gasteiger partial charge in [0.15, 0.2) is 4.77 Å². The molecule has 2 heterocycles. The van der Waals surface area contributed by atoms with Crippen molar-refractivity contribution in [2.24, 2.45) is 11.8 Å². The van der Waals surface area contributed by atoms with Crippen LogP contribution in [0.2, 0.25) is 0 Å². The zero-order chi connectivity index (χ0) is 14.6. The molecule has 4 rings (SSSR count). The molecule has 2 fully saturated rings. The number of aromatic amines is 2. The molecule has 4 nitrogen and oxygen atoms in total. The van der Waals surface area contributed by atoms with Crippen molar-refractivity contribution in [3.05, 3.63) is 28.3 Å². The van der Waals surface area contributed by atoms with Crippen molar-refractivity contribution in [3.8, 4) is 0 Å². The molecule has 1 aromatic heterocycles. The number of H-pyrrole nitrogens is 2. The third-order valence-corrected chi connectivity index (χ3v) is 5.04. The summed E-state index contributed by atoms with van der Waals surface area (Å²) in [6, 6.07) is 2.66. The number of amides is 1. The van der Waals surface area contributed by atoms with Gasteiger partial charge in [-0.05, 0) is 49.0 Å². The maximum Gasteiger partial charge on any atom is 0.256 e. The highest BCUT2D eigenvalue weighted by atomic mass is 32.1. The highest BCUT2D eigenvalue weighted by Gasteiger charge is 2.38. The number of fused-ring (bicyclic) bond motifs is 2. The summed E-state index contributed by atoms with van der Waals surface area (Å²) in [6.07, 6.45) is 3.69. The minimum absolute atomic E-state index is 0.0980. The van der Waals surface area contributed by atoms with Gasteiger partial charge in [0.1, 0.15) is 5.82 Å². The summed E-state index contributed by atoms with van der Waals surface area (Å²) in [6.45, 7) is 1.60. The third kappa shape index (κ3) is 2.09. The zero-order valence-electron chi connectivity index (χ0n) is 11.5. The summed E-state index contributed by atoms with van der Waals surface area (Å²) in [5.41, 5.74) is 1.52. The average molecular weight is 305 g/mol. The molecule has 1 saturated heterocycles. The van der Waals surface area contributed by atoms with Gasteiger partial charge in [0.25, 0.3) is 5.91 Å². The molecule has 0 unspecified atom stereocenters. The molecule has 0 bridgehead atoms. The topological polar surface area (TPSA) is 51.9 Å². The number of imidazole rings is 1. The van der Waals surface area contributed by atoms with E-state index >= 15 is 0 Å². The summed E-state index contributed by atoms with van der Waals surface area (Å²) in [7, 11) is 0. The van der Waals surface area contributed by atoms with Crippen molar-refractivity contribution < 1.29 is 9.18 Å². The van der Waals surface area contributed by atoms with E-state index < -0.39 is 5.82 Å². The maximum atomic E-state index is 13.7. The Bertz CT molecular complexity index is 769. The van der Waals surface area contributed by atoms with Crippen LogP contribution in [0, 0.1) is 22.4 Å². The fourth-order valence-corrected chi connectivity index (χ4v) is 4.06. The lowest BCUT2D eigenvalue weighted by molar-refractivity contribution is 0.0782. The fourth-order valence-electron chi connectivity index (χ4n) is 3.85. The Hall–Kier alpha value is -1.69. The van der Waals surface area contributed by atoms with E-state index in [1.807, 2.05) is 4.90 Å². The predicted molar refractivity (Wildman–Crippen MR) is 80.2 cm³/mol. The van der Waals surface area contributed by atoms with Gasteiger partial charge in [0, 0.05) is 13.1 Å². The van der Waals surface area contributed by atoms with Crippen LogP contribution in [-0.2, 0) is 0 Å². The first kappa shape index (κ1) is 13.0. The van der Waals surface area contributed by atoms with E-state index in [9.17, 15) is 9.18 Å². The molecule has 6 heteroatoms. The Labute approximate surface area is 126 Å². The Balaban J connectivity index is 1.72. The quantitative estimate of drug-likeness (QED) is 0.795. The lowest BCUT2D eigenvalue weighted by Crippen LogP contribution is -2.29. The Morgan fingerprint density at radius 1 is 1.24 bits per heavy atom. The van der Waals surface area contributed by atoms with Crippen molar-refractivity contribution in [1.82, 2.24) is 14.9 Å². The van der Waals surface area contributed by atoms with Crippen LogP contribution in [0.3, 0.4) is 0 Å². The van der Waals surface area contributed by atoms with E-state index in [-0.39, 0.29) is 5.91 Å². The van der Waals surface area contributed by atoms with Crippen LogP contribution >= 0.6 is 12.2 Å². The minimum Gasteiger partial charge on any atom is -0.338 e. The van der Waals surface area contributed by atoms with E-state index in [1.54, 1.807) is 0 Å². The number of halogens is 1. The average Bonchev–Trinajstić information content (AvgIpc) is 3.08. The second-order valence-electron chi connectivity index (χ2n) is 6.12. The number of nitrogens with zero attached hydrogens (tertiary/aromatic N) is 1. The molecular weight excluding hydrogens is 289 g/mol. The Morgan fingerprint density at radius 2 is 1.95 bits per heavy atom. The molecule has 21 heavy (non-hydrogen) atoms. The van der Waals surface area contributed by atoms with Gasteiger partial charge in [0.2, 0.25) is 0 Å². The summed E-state index contributed by atoms with van der Waals surface area (Å²) < 4.78 is 14.2. The molecule has 0 spiro atoms. The molecule has 1 aliphatic heterocycles. The smallest absolute Gasteiger partial charge is 0.256 e. The molecule has 0 radical (unpaired) electrons. The lowest BCUT2D eigenvalue weighted by Gasteiger charge is -2.17. The third-order valence-electron chi connectivity index (χ3n) is 4.83. The lowest BCUT2D eigenvalue weighted by atomic mass is 10.0. The molecule has 2 atom stereocenters. The second kappa shape index (κ2) is 4.66. The number of aromatic nitrogens is 2. The second-order valence-corrected chi connectivity index (χ2v) is 6.52. The van der Waals surface area contributed by atoms with Crippen molar-refractivity contribution in [3.63, 3.8) is 0 Å². The van der Waals surface area contributed by atoms with Crippen LogP contribution in [0.25, 0.3) is 11.0 Å². The molecule has 2 N–H and O–H groups in total. The van der Waals surface area contributed by atoms with Crippen LogP contribution in [0.5, 0.6) is 0 Å². The van der Waals surface area contributed by atoms with E-state index in [1.165, 1.54) is 31.4 Å². The van der Waals surface area contributed by atoms with E-state index in [4.69, 9.17) is 12.2 Å². The first-order valence-electron chi connectivity index (χ1n) is 7.32. The number of hydrogen-bond donors (Lipinski definition) is 2. The number of carbonyl (C=O) groups excluding carboxylic acids is 1. The molecule has 1 aromatic carbocycles. The molecule has 1 aliphatic carbocycles. The highest BCUT2D eigenvalue weighted by molar-refractivity contribution is 7.71. The summed E-state index contributed by atoms with van der Waals surface area (Å²) in [5.74, 6) is 0.736. The summed E-state index contributed by atoms with van der Waals surface area (Å²) in [5, 5.41) is 0. The van der Waals surface area contributed by atoms with Gasteiger partial charge in [0.05, 0.1) is 16.6 Å². The van der Waals surface area contributed by atoms with Crippen molar-refractivity contribution >= 4 is 29.2 Å². The molecule has 1 saturated carbocycles. The standard InChI is InChI=1S/C15H16FN3OS/c16-10-4-11(13-12(5-10)17-15(21)18-13)14(20)19-6-8-2-1-3-9(8)7-19/h4-5,8-9H,1-3,6-7H2,(H2,17,18,21)/t8-,9-/m1/s1. The monoisotopic (exact) mass is 305 g/mol. The molecule has 2 aromatic rings. The normalized spacial score (nSPS) is 24.7. The van der Waals surface area contributed by atoms with E-state index in [0.29, 0.717) is 33.2 Å². The molecule has 1 amide bonds. The van der Waals surface area contributed by atoms with Crippen LogP contribution in [0.1, 0.15) is 29.6 Å². The largest absolute Gasteiger partial charge is 0.338 e. The fraction of sp³-hybridized carbons (Fsp3) is 0.467. The van der Waals surface area contributed by atoms with Crippen LogP contribution < -0.4 is 0 Å². The summed E-state index contributed by atoms with van der Waals surface area (Å²) in [4.78, 5) is 20.4. The Kier molecular flexibility index (Phi) is 2.89. The van der Waals surface area contributed by atoms with Gasteiger partial charge in [-0.3, -0.25) is 4.79 Å². The minimum atomic E-state index is -0.421. The van der Waals surface area contributed by atoms with Gasteiger partial charge < -0.3 is 14.9 Å². The molecule has 110 valence electrons. The van der Waals surface area contributed by atoms with Gasteiger partial charge in [-0.2, -0.15) is 0 Å². The van der Waals surface area contributed by atoms with E-state index in [0.717, 1.165) is 13.1 Å². The Morgan fingerprint density at radius 3 is 2.67 bits per heavy atom. The van der Waals surface area contributed by atoms with Crippen molar-refractivity contribution in [1.29, 1.82) is 0 Å². The SMILES string of the molecule is O=C(c1cc(F)cc2[nH]c(=S)[nH]c12)N1C[C@H]2CCC[C@@H]2C1. The zero-order valence-corrected chi connectivity index (χ0v) is 12.3. The number of hydrogen-bond acceptors (Lipinski definition) is 2. The maximum absolute atomic E-state index is 13.7. The molecule has 2 aliphatic rings. The number of rotatable bonds is 1. The van der Waals surface area contributed by atoms with Crippen molar-refractivity contribution in [2.45, 2.75) is 19.3 Å². The number of likely N-dealkylation sites (tertiary alicyclic amines) is 1. The first-order chi connectivity index (χ1) is 10.1. The number of benzene rings is 1. The summed E-state index contributed by atoms with van der Waals surface area (Å²) >= 11 is 5.04. The van der Waals surface area contributed by atoms with Crippen molar-refractivity contribution in [2.75, 3.05) is 13.1 Å². The number of nitrogens with one attached hydrogen (secondary N) is 2. The van der Waals surface area contributed by atoms with Crippen LogP contribution in [0.4, 0.5) is 4.39 Å². The van der Waals surface area contributed by atoms with Gasteiger partial charge in [-0.1, -0.05) is 6.42 Å². The highest BCUT2D eigenvalue weighted by Crippen LogP contribution is 2.38. The van der Waals surface area contributed by atoms with Gasteiger partial charge >= 0.3 is 0 Å². The van der Waals surface area contributed by atoms with E-state index in [2.05, 4.69) is 9.97 Å². The van der Waals surface area contributed by atoms with Gasteiger partial charge in [-0.25, -0.2) is 4.39 Å². The number of carbonyl (C=O) groups is 1. The van der Waals surface area contributed by atoms with Crippen LogP contribution in [0.15, 0.2) is 12.1 Å².